The van der Waals surface area contributed by atoms with Gasteiger partial charge in [0.2, 0.25) is 0 Å². The van der Waals surface area contributed by atoms with Crippen molar-refractivity contribution in [2.24, 2.45) is 4.99 Å². The molecule has 2 N–H and O–H groups in total. The molecule has 0 bridgehead atoms. The minimum absolute atomic E-state index is 0.168. The molecule has 0 heterocycles. The number of nitrogens with one attached hydrogen (secondary N) is 2. The Morgan fingerprint density at radius 2 is 2.04 bits per heavy atom. The summed E-state index contributed by atoms with van der Waals surface area (Å²) >= 11 is 0. The second-order valence-electron chi connectivity index (χ2n) is 5.31. The van der Waals surface area contributed by atoms with Crippen LogP contribution in [0.1, 0.15) is 30.9 Å². The number of guanidine groups is 1. The fourth-order valence-corrected chi connectivity index (χ4v) is 2.05. The molecule has 24 heavy (non-hydrogen) atoms. The first-order valence-electron chi connectivity index (χ1n) is 8.13. The van der Waals surface area contributed by atoms with Crippen LogP contribution in [-0.2, 0) is 11.3 Å². The van der Waals surface area contributed by atoms with Crippen molar-refractivity contribution in [2.45, 2.75) is 39.8 Å². The van der Waals surface area contributed by atoms with Gasteiger partial charge in [-0.2, -0.15) is 8.78 Å². The van der Waals surface area contributed by atoms with Crippen molar-refractivity contribution in [1.29, 1.82) is 0 Å². The Balaban J connectivity index is 2.46. The monoisotopic (exact) mass is 343 g/mol. The number of benzene rings is 1. The summed E-state index contributed by atoms with van der Waals surface area (Å²) in [5.74, 6) is 0.750. The molecule has 0 aliphatic rings. The summed E-state index contributed by atoms with van der Waals surface area (Å²) in [6.45, 7) is 3.47. The summed E-state index contributed by atoms with van der Waals surface area (Å²) in [6.07, 6.45) is 2.16. The number of ether oxygens (including phenoxy) is 2. The van der Waals surface area contributed by atoms with Gasteiger partial charge in [-0.05, 0) is 19.4 Å². The fraction of sp³-hybridized carbons (Fsp3) is 0.588. The zero-order valence-corrected chi connectivity index (χ0v) is 14.6. The number of aliphatic imine (C=N–C) groups is 1. The van der Waals surface area contributed by atoms with Gasteiger partial charge in [0.05, 0.1) is 6.61 Å². The fourth-order valence-electron chi connectivity index (χ4n) is 2.05. The topological polar surface area (TPSA) is 54.9 Å². The maximum atomic E-state index is 12.5. The van der Waals surface area contributed by atoms with Crippen molar-refractivity contribution >= 4 is 5.96 Å². The maximum absolute atomic E-state index is 12.5. The van der Waals surface area contributed by atoms with E-state index in [0.717, 1.165) is 25.0 Å². The zero-order valence-electron chi connectivity index (χ0n) is 14.6. The molecule has 0 saturated heterocycles. The zero-order chi connectivity index (χ0) is 17.8. The molecular formula is C17H27F2N3O2. The molecule has 5 nitrogen and oxygen atoms in total. The molecule has 0 unspecified atom stereocenters. The van der Waals surface area contributed by atoms with E-state index in [1.165, 1.54) is 0 Å². The lowest BCUT2D eigenvalue weighted by molar-refractivity contribution is -0.0504. The molecule has 0 aliphatic carbocycles. The van der Waals surface area contributed by atoms with E-state index in [1.807, 2.05) is 13.0 Å². The highest BCUT2D eigenvalue weighted by Gasteiger charge is 2.10. The van der Waals surface area contributed by atoms with Gasteiger partial charge in [0.1, 0.15) is 5.75 Å². The molecule has 1 aromatic carbocycles. The van der Waals surface area contributed by atoms with Crippen LogP contribution in [0.3, 0.4) is 0 Å². The molecule has 0 radical (unpaired) electrons. The number of alkyl halides is 2. The van der Waals surface area contributed by atoms with Gasteiger partial charge < -0.3 is 20.1 Å². The van der Waals surface area contributed by atoms with Gasteiger partial charge in [-0.3, -0.25) is 4.99 Å². The highest BCUT2D eigenvalue weighted by Crippen LogP contribution is 2.21. The van der Waals surface area contributed by atoms with Gasteiger partial charge in [-0.15, -0.1) is 0 Å². The molecule has 136 valence electrons. The van der Waals surface area contributed by atoms with Gasteiger partial charge in [-0.25, -0.2) is 0 Å². The summed E-state index contributed by atoms with van der Waals surface area (Å²) in [6, 6.07) is 5.10. The van der Waals surface area contributed by atoms with Crippen molar-refractivity contribution in [1.82, 2.24) is 10.6 Å². The largest absolute Gasteiger partial charge is 0.434 e. The lowest BCUT2D eigenvalue weighted by Crippen LogP contribution is -2.38. The highest BCUT2D eigenvalue weighted by atomic mass is 19.3. The first kappa shape index (κ1) is 20.2. The van der Waals surface area contributed by atoms with Gasteiger partial charge in [0.15, 0.2) is 5.96 Å². The van der Waals surface area contributed by atoms with Crippen LogP contribution in [0.2, 0.25) is 0 Å². The van der Waals surface area contributed by atoms with E-state index in [0.29, 0.717) is 31.2 Å². The number of rotatable bonds is 10. The van der Waals surface area contributed by atoms with Crippen molar-refractivity contribution in [3.63, 3.8) is 0 Å². The van der Waals surface area contributed by atoms with Crippen LogP contribution in [0, 0.1) is 6.92 Å². The Morgan fingerprint density at radius 1 is 1.25 bits per heavy atom. The number of hydrogen-bond acceptors (Lipinski definition) is 3. The van der Waals surface area contributed by atoms with E-state index in [-0.39, 0.29) is 5.75 Å². The Bertz CT molecular complexity index is 511. The van der Waals surface area contributed by atoms with Gasteiger partial charge in [0.25, 0.3) is 0 Å². The van der Waals surface area contributed by atoms with E-state index in [1.54, 1.807) is 19.2 Å². The number of unbranched alkanes of at least 4 members (excludes halogenated alkanes) is 1. The van der Waals surface area contributed by atoms with Gasteiger partial charge >= 0.3 is 6.61 Å². The summed E-state index contributed by atoms with van der Waals surface area (Å²) < 4.78 is 34.9. The number of nitrogens with zero attached hydrogens (tertiary/aromatic N) is 1. The first-order valence-corrected chi connectivity index (χ1v) is 8.13. The molecule has 0 saturated carbocycles. The molecular weight excluding hydrogens is 316 g/mol. The normalized spacial score (nSPS) is 11.7. The third kappa shape index (κ3) is 8.10. The highest BCUT2D eigenvalue weighted by molar-refractivity contribution is 5.79. The summed E-state index contributed by atoms with van der Waals surface area (Å²) in [4.78, 5) is 4.10. The predicted octanol–water partition coefficient (Wildman–Crippen LogP) is 3.08. The van der Waals surface area contributed by atoms with E-state index < -0.39 is 6.61 Å². The van der Waals surface area contributed by atoms with E-state index >= 15 is 0 Å². The Kier molecular flexibility index (Phi) is 9.76. The average Bonchev–Trinajstić information content (AvgIpc) is 2.55. The Labute approximate surface area is 142 Å². The second kappa shape index (κ2) is 11.6. The molecule has 0 aromatic heterocycles. The first-order chi connectivity index (χ1) is 11.6. The molecule has 0 spiro atoms. The van der Waals surface area contributed by atoms with Crippen LogP contribution in [0.5, 0.6) is 5.75 Å². The molecule has 7 heteroatoms. The van der Waals surface area contributed by atoms with Gasteiger partial charge in [0, 0.05) is 32.3 Å². The standard InChI is InChI=1S/C17H27F2N3O2/c1-4-5-9-23-10-8-21-17(20-3)22-12-14-11-13(2)6-7-15(14)24-16(18)19/h6-7,11,16H,4-5,8-10,12H2,1-3H3,(H2,20,21,22). The molecule has 0 fully saturated rings. The van der Waals surface area contributed by atoms with Crippen LogP contribution < -0.4 is 15.4 Å². The lowest BCUT2D eigenvalue weighted by atomic mass is 10.1. The van der Waals surface area contributed by atoms with Crippen molar-refractivity contribution in [3.8, 4) is 5.75 Å². The quantitative estimate of drug-likeness (QED) is 0.389. The predicted molar refractivity (Wildman–Crippen MR) is 91.7 cm³/mol. The minimum Gasteiger partial charge on any atom is -0.434 e. The van der Waals surface area contributed by atoms with Crippen molar-refractivity contribution in [3.05, 3.63) is 29.3 Å². The second-order valence-corrected chi connectivity index (χ2v) is 5.31. The Morgan fingerprint density at radius 3 is 2.71 bits per heavy atom. The lowest BCUT2D eigenvalue weighted by Gasteiger charge is -2.15. The van der Waals surface area contributed by atoms with Crippen LogP contribution in [0.4, 0.5) is 8.78 Å². The number of hydrogen-bond donors (Lipinski definition) is 2. The van der Waals surface area contributed by atoms with Gasteiger partial charge in [-0.1, -0.05) is 31.0 Å². The maximum Gasteiger partial charge on any atom is 0.387 e. The summed E-state index contributed by atoms with van der Waals surface area (Å²) in [5, 5.41) is 6.20. The molecule has 0 aliphatic heterocycles. The number of halogens is 2. The molecule has 0 amide bonds. The SMILES string of the molecule is CCCCOCCNC(=NC)NCc1cc(C)ccc1OC(F)F. The van der Waals surface area contributed by atoms with E-state index in [4.69, 9.17) is 4.74 Å². The summed E-state index contributed by atoms with van der Waals surface area (Å²) in [7, 11) is 1.65. The average molecular weight is 343 g/mol. The minimum atomic E-state index is -2.84. The van der Waals surface area contributed by atoms with Crippen LogP contribution in [-0.4, -0.2) is 39.4 Å². The molecule has 1 aromatic rings. The van der Waals surface area contributed by atoms with Crippen molar-refractivity contribution in [2.75, 3.05) is 26.8 Å². The van der Waals surface area contributed by atoms with E-state index in [9.17, 15) is 8.78 Å². The molecule has 1 rings (SSSR count). The van der Waals surface area contributed by atoms with Crippen LogP contribution >= 0.6 is 0 Å². The van der Waals surface area contributed by atoms with Crippen LogP contribution in [0.15, 0.2) is 23.2 Å². The Hall–Kier alpha value is -1.89. The summed E-state index contributed by atoms with van der Waals surface area (Å²) in [5.41, 5.74) is 1.62. The van der Waals surface area contributed by atoms with Crippen LogP contribution in [0.25, 0.3) is 0 Å². The third-order valence-electron chi connectivity index (χ3n) is 3.28. The number of aryl methyl sites for hydroxylation is 1. The van der Waals surface area contributed by atoms with E-state index in [2.05, 4.69) is 27.3 Å². The third-order valence-corrected chi connectivity index (χ3v) is 3.28. The molecule has 0 atom stereocenters. The smallest absolute Gasteiger partial charge is 0.387 e. The van der Waals surface area contributed by atoms with Crippen molar-refractivity contribution < 1.29 is 18.3 Å².